The summed E-state index contributed by atoms with van der Waals surface area (Å²) < 4.78 is 0. The van der Waals surface area contributed by atoms with Gasteiger partial charge in [-0.2, -0.15) is 0 Å². The highest BCUT2D eigenvalue weighted by molar-refractivity contribution is 8.15. The smallest absolute Gasteiger partial charge is 0.240 e. The highest BCUT2D eigenvalue weighted by Gasteiger charge is 2.32. The van der Waals surface area contributed by atoms with Crippen molar-refractivity contribution in [2.45, 2.75) is 18.6 Å². The van der Waals surface area contributed by atoms with Crippen LogP contribution in [0.15, 0.2) is 53.6 Å². The fourth-order valence-electron chi connectivity index (χ4n) is 2.33. The third-order valence-electron chi connectivity index (χ3n) is 3.75. The molecule has 1 fully saturated rings. The summed E-state index contributed by atoms with van der Waals surface area (Å²) in [4.78, 5) is 24.3. The minimum absolute atomic E-state index is 0.0484. The molecule has 2 aromatic carbocycles. The molecule has 3 N–H and O–H groups in total. The number of hydrogen-bond acceptors (Lipinski definition) is 5. The Bertz CT molecular complexity index is 858. The number of nitrogens with one attached hydrogen (secondary N) is 3. The third-order valence-corrected chi connectivity index (χ3v) is 5.24. The van der Waals surface area contributed by atoms with Gasteiger partial charge in [0.2, 0.25) is 11.8 Å². The summed E-state index contributed by atoms with van der Waals surface area (Å²) in [6.45, 7) is 1.83. The molecule has 1 heterocycles. The van der Waals surface area contributed by atoms with Crippen molar-refractivity contribution in [1.29, 1.82) is 0 Å². The van der Waals surface area contributed by atoms with Gasteiger partial charge in [0, 0.05) is 17.1 Å². The molecule has 1 aliphatic rings. The normalized spacial score (nSPS) is 17.8. The Labute approximate surface area is 160 Å². The van der Waals surface area contributed by atoms with Gasteiger partial charge in [-0.25, -0.2) is 0 Å². The van der Waals surface area contributed by atoms with Crippen LogP contribution in [0.25, 0.3) is 0 Å². The molecule has 1 atom stereocenters. The molecule has 8 heteroatoms. The fourth-order valence-corrected chi connectivity index (χ4v) is 3.44. The minimum atomic E-state index is -0.522. The Morgan fingerprint density at radius 3 is 2.77 bits per heavy atom. The first kappa shape index (κ1) is 18.3. The average Bonchev–Trinajstić information content (AvgIpc) is 2.97. The second kappa shape index (κ2) is 8.25. The molecule has 26 heavy (non-hydrogen) atoms. The van der Waals surface area contributed by atoms with Gasteiger partial charge in [-0.3, -0.25) is 15.0 Å². The van der Waals surface area contributed by atoms with E-state index in [0.717, 1.165) is 11.3 Å². The van der Waals surface area contributed by atoms with E-state index >= 15 is 0 Å². The monoisotopic (exact) mass is 388 g/mol. The van der Waals surface area contributed by atoms with Gasteiger partial charge >= 0.3 is 0 Å². The molecule has 134 valence electrons. The van der Waals surface area contributed by atoms with E-state index in [4.69, 9.17) is 11.6 Å². The van der Waals surface area contributed by atoms with Crippen molar-refractivity contribution < 1.29 is 9.59 Å². The second-order valence-electron chi connectivity index (χ2n) is 5.66. The molecule has 0 spiro atoms. The number of hydrogen-bond donors (Lipinski definition) is 3. The maximum absolute atomic E-state index is 12.3. The molecule has 3 rings (SSSR count). The number of rotatable bonds is 5. The largest absolute Gasteiger partial charge is 0.326 e. The van der Waals surface area contributed by atoms with Crippen molar-refractivity contribution in [3.8, 4) is 0 Å². The van der Waals surface area contributed by atoms with Crippen LogP contribution in [0.2, 0.25) is 5.02 Å². The van der Waals surface area contributed by atoms with E-state index in [1.54, 1.807) is 18.2 Å². The average molecular weight is 389 g/mol. The molecular formula is C18H17ClN4O2S. The Morgan fingerprint density at radius 2 is 2.00 bits per heavy atom. The number of hydrazone groups is 1. The molecule has 1 aliphatic heterocycles. The summed E-state index contributed by atoms with van der Waals surface area (Å²) >= 11 is 7.28. The fraction of sp³-hybridized carbons (Fsp3) is 0.167. The van der Waals surface area contributed by atoms with Crippen molar-refractivity contribution >= 4 is 51.7 Å². The van der Waals surface area contributed by atoms with E-state index in [2.05, 4.69) is 21.2 Å². The maximum atomic E-state index is 12.3. The third kappa shape index (κ3) is 4.56. The molecule has 1 saturated heterocycles. The molecule has 0 aromatic heterocycles. The van der Waals surface area contributed by atoms with Gasteiger partial charge in [-0.15, -0.1) is 5.10 Å². The van der Waals surface area contributed by atoms with E-state index in [1.807, 2.05) is 37.3 Å². The lowest BCUT2D eigenvalue weighted by molar-refractivity contribution is -0.122. The Morgan fingerprint density at radius 1 is 1.23 bits per heavy atom. The SMILES string of the molecule is Cc1c(Cl)cccc1NC(=O)C[C@H]1S/C(=N/Nc2ccccc2)NC1=O. The number of thioether (sulfide) groups is 1. The van der Waals surface area contributed by atoms with Crippen molar-refractivity contribution in [3.05, 3.63) is 59.1 Å². The number of carbonyl (C=O) groups excluding carboxylic acids is 2. The molecular weight excluding hydrogens is 372 g/mol. The van der Waals surface area contributed by atoms with Gasteiger partial charge in [-0.1, -0.05) is 47.6 Å². The zero-order valence-electron chi connectivity index (χ0n) is 14.0. The van der Waals surface area contributed by atoms with E-state index < -0.39 is 5.25 Å². The molecule has 6 nitrogen and oxygen atoms in total. The van der Waals surface area contributed by atoms with Crippen molar-refractivity contribution in [3.63, 3.8) is 0 Å². The van der Waals surface area contributed by atoms with E-state index in [-0.39, 0.29) is 18.2 Å². The van der Waals surface area contributed by atoms with Crippen LogP contribution in [0.3, 0.4) is 0 Å². The summed E-state index contributed by atoms with van der Waals surface area (Å²) in [5, 5.41) is 10.1. The van der Waals surface area contributed by atoms with Gasteiger partial charge in [0.15, 0.2) is 5.17 Å². The summed E-state index contributed by atoms with van der Waals surface area (Å²) in [6.07, 6.45) is 0.0484. The van der Waals surface area contributed by atoms with Crippen LogP contribution >= 0.6 is 23.4 Å². The number of amides is 2. The summed E-state index contributed by atoms with van der Waals surface area (Å²) in [5.41, 5.74) is 5.12. The number of para-hydroxylation sites is 1. The standard InChI is InChI=1S/C18H17ClN4O2S/c1-11-13(19)8-5-9-14(11)20-16(24)10-15-17(25)21-18(26-15)23-22-12-6-3-2-4-7-12/h2-9,15,22H,10H2,1H3,(H,20,24)(H,21,23,25)/t15-/m1/s1. The zero-order chi connectivity index (χ0) is 18.5. The number of carbonyl (C=O) groups is 2. The quantitative estimate of drug-likeness (QED) is 0.683. The number of amidine groups is 1. The van der Waals surface area contributed by atoms with Crippen molar-refractivity contribution in [1.82, 2.24) is 5.32 Å². The molecule has 0 radical (unpaired) electrons. The predicted octanol–water partition coefficient (Wildman–Crippen LogP) is 3.59. The van der Waals surface area contributed by atoms with Gasteiger partial charge < -0.3 is 10.6 Å². The Kier molecular flexibility index (Phi) is 5.80. The molecule has 2 aromatic rings. The van der Waals surface area contributed by atoms with Crippen LogP contribution in [-0.4, -0.2) is 22.2 Å². The van der Waals surface area contributed by atoms with Crippen LogP contribution in [-0.2, 0) is 9.59 Å². The number of nitrogens with zero attached hydrogens (tertiary/aromatic N) is 1. The zero-order valence-corrected chi connectivity index (χ0v) is 15.5. The first-order valence-corrected chi connectivity index (χ1v) is 9.20. The second-order valence-corrected chi connectivity index (χ2v) is 7.25. The van der Waals surface area contributed by atoms with Gasteiger partial charge in [0.05, 0.1) is 5.69 Å². The molecule has 0 aliphatic carbocycles. The summed E-state index contributed by atoms with van der Waals surface area (Å²) in [5.74, 6) is -0.484. The Balaban J connectivity index is 1.57. The topological polar surface area (TPSA) is 82.6 Å². The molecule has 2 amide bonds. The maximum Gasteiger partial charge on any atom is 0.240 e. The number of halogens is 1. The van der Waals surface area contributed by atoms with Crippen LogP contribution in [0, 0.1) is 6.92 Å². The Hall–Kier alpha value is -2.51. The lowest BCUT2D eigenvalue weighted by Gasteiger charge is -2.10. The van der Waals surface area contributed by atoms with Crippen LogP contribution in [0.5, 0.6) is 0 Å². The number of anilines is 2. The molecule has 0 bridgehead atoms. The van der Waals surface area contributed by atoms with Crippen molar-refractivity contribution in [2.24, 2.45) is 5.10 Å². The predicted molar refractivity (Wildman–Crippen MR) is 106 cm³/mol. The summed E-state index contributed by atoms with van der Waals surface area (Å²) in [6, 6.07) is 14.7. The minimum Gasteiger partial charge on any atom is -0.326 e. The van der Waals surface area contributed by atoms with Gasteiger partial charge in [0.1, 0.15) is 5.25 Å². The van der Waals surface area contributed by atoms with Gasteiger partial charge in [0.25, 0.3) is 0 Å². The van der Waals surface area contributed by atoms with E-state index in [0.29, 0.717) is 15.9 Å². The van der Waals surface area contributed by atoms with Crippen LogP contribution in [0.1, 0.15) is 12.0 Å². The highest BCUT2D eigenvalue weighted by atomic mass is 35.5. The van der Waals surface area contributed by atoms with Crippen LogP contribution < -0.4 is 16.1 Å². The highest BCUT2D eigenvalue weighted by Crippen LogP contribution is 2.25. The van der Waals surface area contributed by atoms with Crippen molar-refractivity contribution in [2.75, 3.05) is 10.7 Å². The lowest BCUT2D eigenvalue weighted by atomic mass is 10.2. The lowest BCUT2D eigenvalue weighted by Crippen LogP contribution is -2.28. The molecule has 0 saturated carbocycles. The van der Waals surface area contributed by atoms with E-state index in [9.17, 15) is 9.59 Å². The van der Waals surface area contributed by atoms with E-state index in [1.165, 1.54) is 11.8 Å². The summed E-state index contributed by atoms with van der Waals surface area (Å²) in [7, 11) is 0. The van der Waals surface area contributed by atoms with Gasteiger partial charge in [-0.05, 0) is 36.8 Å². The number of benzene rings is 2. The van der Waals surface area contributed by atoms with Crippen LogP contribution in [0.4, 0.5) is 11.4 Å². The first-order valence-electron chi connectivity index (χ1n) is 7.94. The first-order chi connectivity index (χ1) is 12.5. The molecule has 0 unspecified atom stereocenters.